The minimum absolute atomic E-state index is 0.229. The van der Waals surface area contributed by atoms with Crippen LogP contribution in [0.15, 0.2) is 42.5 Å². The van der Waals surface area contributed by atoms with E-state index in [4.69, 9.17) is 16.3 Å². The molecule has 0 aromatic heterocycles. The van der Waals surface area contributed by atoms with Gasteiger partial charge in [-0.05, 0) is 42.8 Å². The van der Waals surface area contributed by atoms with Crippen molar-refractivity contribution in [2.45, 2.75) is 13.5 Å². The van der Waals surface area contributed by atoms with Crippen LogP contribution >= 0.6 is 11.6 Å². The lowest BCUT2D eigenvalue weighted by Gasteiger charge is -2.10. The summed E-state index contributed by atoms with van der Waals surface area (Å²) in [5, 5.41) is 3.80. The van der Waals surface area contributed by atoms with Crippen LogP contribution in [0, 0.1) is 5.82 Å². The average Bonchev–Trinajstić information content (AvgIpc) is 2.41. The number of halogens is 2. The van der Waals surface area contributed by atoms with E-state index < -0.39 is 0 Å². The Morgan fingerprint density at radius 2 is 1.89 bits per heavy atom. The summed E-state index contributed by atoms with van der Waals surface area (Å²) in [6.45, 7) is 3.11. The molecule has 0 fully saturated rings. The smallest absolute Gasteiger partial charge is 0.138 e. The third-order valence-electron chi connectivity index (χ3n) is 2.64. The van der Waals surface area contributed by atoms with Gasteiger partial charge in [-0.15, -0.1) is 0 Å². The first kappa shape index (κ1) is 13.7. The van der Waals surface area contributed by atoms with Gasteiger partial charge in [0, 0.05) is 12.2 Å². The van der Waals surface area contributed by atoms with E-state index in [0.29, 0.717) is 23.9 Å². The molecular weight excluding hydrogens is 265 g/mol. The zero-order valence-corrected chi connectivity index (χ0v) is 11.4. The monoisotopic (exact) mass is 279 g/mol. The number of hydrogen-bond acceptors (Lipinski definition) is 2. The van der Waals surface area contributed by atoms with Gasteiger partial charge in [0.1, 0.15) is 11.6 Å². The van der Waals surface area contributed by atoms with E-state index in [0.717, 1.165) is 11.3 Å². The summed E-state index contributed by atoms with van der Waals surface area (Å²) in [4.78, 5) is 0. The Labute approximate surface area is 117 Å². The molecule has 0 heterocycles. The Bertz CT molecular complexity index is 542. The van der Waals surface area contributed by atoms with Crippen LogP contribution in [0.2, 0.25) is 5.02 Å². The van der Waals surface area contributed by atoms with E-state index in [1.54, 1.807) is 12.1 Å². The third kappa shape index (κ3) is 3.86. The van der Waals surface area contributed by atoms with Crippen molar-refractivity contribution in [2.24, 2.45) is 0 Å². The van der Waals surface area contributed by atoms with Crippen LogP contribution in [0.4, 0.5) is 10.1 Å². The highest BCUT2D eigenvalue weighted by atomic mass is 35.5. The summed E-state index contributed by atoms with van der Waals surface area (Å²) in [5.74, 6) is 0.448. The third-order valence-corrected chi connectivity index (χ3v) is 2.94. The van der Waals surface area contributed by atoms with Crippen molar-refractivity contribution in [3.8, 4) is 5.75 Å². The van der Waals surface area contributed by atoms with Crippen LogP contribution in [0.3, 0.4) is 0 Å². The number of nitrogens with one attached hydrogen (secondary N) is 1. The molecule has 0 amide bonds. The first-order valence-corrected chi connectivity index (χ1v) is 6.47. The van der Waals surface area contributed by atoms with E-state index in [9.17, 15) is 4.39 Å². The highest BCUT2D eigenvalue weighted by Gasteiger charge is 2.02. The van der Waals surface area contributed by atoms with Crippen molar-refractivity contribution in [2.75, 3.05) is 11.9 Å². The van der Waals surface area contributed by atoms with Crippen LogP contribution in [0.25, 0.3) is 0 Å². The molecule has 0 aliphatic rings. The molecule has 19 heavy (non-hydrogen) atoms. The molecule has 0 atom stereocenters. The Balaban J connectivity index is 1.99. The molecule has 2 aromatic rings. The molecule has 2 nitrogen and oxygen atoms in total. The molecule has 0 bridgehead atoms. The summed E-state index contributed by atoms with van der Waals surface area (Å²) in [6, 6.07) is 11.9. The van der Waals surface area contributed by atoms with Crippen molar-refractivity contribution in [1.29, 1.82) is 0 Å². The number of benzene rings is 2. The van der Waals surface area contributed by atoms with E-state index >= 15 is 0 Å². The zero-order chi connectivity index (χ0) is 13.7. The molecule has 0 saturated carbocycles. The summed E-state index contributed by atoms with van der Waals surface area (Å²) >= 11 is 6.10. The Kier molecular flexibility index (Phi) is 4.63. The highest BCUT2D eigenvalue weighted by Crippen LogP contribution is 2.27. The molecule has 0 spiro atoms. The lowest BCUT2D eigenvalue weighted by Crippen LogP contribution is -2.00. The number of hydrogen-bond donors (Lipinski definition) is 1. The van der Waals surface area contributed by atoms with Crippen LogP contribution in [0.5, 0.6) is 5.75 Å². The van der Waals surface area contributed by atoms with Gasteiger partial charge in [0.15, 0.2) is 0 Å². The Morgan fingerprint density at radius 3 is 2.53 bits per heavy atom. The predicted molar refractivity (Wildman–Crippen MR) is 76.3 cm³/mol. The van der Waals surface area contributed by atoms with Crippen molar-refractivity contribution in [1.82, 2.24) is 0 Å². The number of ether oxygens (including phenoxy) is 1. The largest absolute Gasteiger partial charge is 0.492 e. The second kappa shape index (κ2) is 6.43. The van der Waals surface area contributed by atoms with E-state index in [2.05, 4.69) is 5.32 Å². The van der Waals surface area contributed by atoms with Crippen LogP contribution in [-0.2, 0) is 6.54 Å². The Hall–Kier alpha value is -1.74. The minimum Gasteiger partial charge on any atom is -0.492 e. The molecule has 0 radical (unpaired) electrons. The lowest BCUT2D eigenvalue weighted by atomic mass is 10.2. The molecular formula is C15H15ClFNO. The SMILES string of the molecule is CCOc1ccc(NCc2ccc(F)cc2)cc1Cl. The van der Waals surface area contributed by atoms with E-state index in [1.807, 2.05) is 25.1 Å². The number of anilines is 1. The molecule has 2 rings (SSSR count). The molecule has 4 heteroatoms. The van der Waals surface area contributed by atoms with Crippen molar-refractivity contribution < 1.29 is 9.13 Å². The van der Waals surface area contributed by atoms with Gasteiger partial charge in [-0.25, -0.2) is 4.39 Å². The zero-order valence-electron chi connectivity index (χ0n) is 10.6. The van der Waals surface area contributed by atoms with Crippen LogP contribution in [-0.4, -0.2) is 6.61 Å². The molecule has 100 valence electrons. The van der Waals surface area contributed by atoms with Gasteiger partial charge < -0.3 is 10.1 Å². The molecule has 2 aromatic carbocycles. The quantitative estimate of drug-likeness (QED) is 0.871. The average molecular weight is 280 g/mol. The van der Waals surface area contributed by atoms with Crippen molar-refractivity contribution >= 4 is 17.3 Å². The molecule has 0 saturated heterocycles. The van der Waals surface area contributed by atoms with Crippen molar-refractivity contribution in [3.05, 3.63) is 58.9 Å². The summed E-state index contributed by atoms with van der Waals surface area (Å²) in [6.07, 6.45) is 0. The maximum absolute atomic E-state index is 12.8. The molecule has 0 aliphatic heterocycles. The second-order valence-corrected chi connectivity index (χ2v) is 4.47. The minimum atomic E-state index is -0.229. The first-order chi connectivity index (χ1) is 9.19. The molecule has 1 N–H and O–H groups in total. The lowest BCUT2D eigenvalue weighted by molar-refractivity contribution is 0.340. The maximum atomic E-state index is 12.8. The first-order valence-electron chi connectivity index (χ1n) is 6.09. The summed E-state index contributed by atoms with van der Waals surface area (Å²) in [5.41, 5.74) is 1.91. The second-order valence-electron chi connectivity index (χ2n) is 4.06. The van der Waals surface area contributed by atoms with Gasteiger partial charge in [-0.1, -0.05) is 23.7 Å². The number of rotatable bonds is 5. The maximum Gasteiger partial charge on any atom is 0.138 e. The van der Waals surface area contributed by atoms with Gasteiger partial charge in [0.05, 0.1) is 11.6 Å². The van der Waals surface area contributed by atoms with E-state index in [-0.39, 0.29) is 5.82 Å². The molecule has 0 aliphatic carbocycles. The van der Waals surface area contributed by atoms with Crippen LogP contribution in [0.1, 0.15) is 12.5 Å². The summed E-state index contributed by atoms with van der Waals surface area (Å²) < 4.78 is 18.1. The summed E-state index contributed by atoms with van der Waals surface area (Å²) in [7, 11) is 0. The van der Waals surface area contributed by atoms with Crippen LogP contribution < -0.4 is 10.1 Å². The fourth-order valence-corrected chi connectivity index (χ4v) is 1.92. The van der Waals surface area contributed by atoms with Gasteiger partial charge >= 0.3 is 0 Å². The fraction of sp³-hybridized carbons (Fsp3) is 0.200. The van der Waals surface area contributed by atoms with Gasteiger partial charge in [-0.2, -0.15) is 0 Å². The standard InChI is InChI=1S/C15H15ClFNO/c1-2-19-15-8-7-13(9-14(15)16)18-10-11-3-5-12(17)6-4-11/h3-9,18H,2,10H2,1H3. The van der Waals surface area contributed by atoms with Gasteiger partial charge in [0.25, 0.3) is 0 Å². The Morgan fingerprint density at radius 1 is 1.16 bits per heavy atom. The van der Waals surface area contributed by atoms with Gasteiger partial charge in [-0.3, -0.25) is 0 Å². The highest BCUT2D eigenvalue weighted by molar-refractivity contribution is 6.32. The van der Waals surface area contributed by atoms with E-state index in [1.165, 1.54) is 12.1 Å². The normalized spacial score (nSPS) is 10.3. The topological polar surface area (TPSA) is 21.3 Å². The predicted octanol–water partition coefficient (Wildman–Crippen LogP) is 4.49. The van der Waals surface area contributed by atoms with Gasteiger partial charge in [0.2, 0.25) is 0 Å². The molecule has 0 unspecified atom stereocenters. The fourth-order valence-electron chi connectivity index (χ4n) is 1.69. The van der Waals surface area contributed by atoms with Crippen molar-refractivity contribution in [3.63, 3.8) is 0 Å².